The van der Waals surface area contributed by atoms with Gasteiger partial charge in [0.25, 0.3) is 0 Å². The van der Waals surface area contributed by atoms with Crippen LogP contribution in [0.25, 0.3) is 0 Å². The van der Waals surface area contributed by atoms with E-state index in [1.54, 1.807) is 12.1 Å². The van der Waals surface area contributed by atoms with Crippen LogP contribution in [-0.4, -0.2) is 167 Å². The van der Waals surface area contributed by atoms with Gasteiger partial charge in [-0.25, -0.2) is 14.4 Å². The molecule has 0 bridgehead atoms. The lowest BCUT2D eigenvalue weighted by atomic mass is 9.34. The molecular formula is C114H164N6O24S3. The van der Waals surface area contributed by atoms with Crippen LogP contribution in [0, 0.1) is 102 Å². The highest BCUT2D eigenvalue weighted by molar-refractivity contribution is 8.00. The number of aliphatic hydroxyl groups is 2. The van der Waals surface area contributed by atoms with Crippen LogP contribution in [0.4, 0.5) is 0 Å². The predicted molar refractivity (Wildman–Crippen MR) is 568 cm³/mol. The van der Waals surface area contributed by atoms with Gasteiger partial charge in [-0.1, -0.05) is 145 Å². The molecule has 0 spiro atoms. The number of carbonyl (C=O) groups excluding carboxylic acids is 14. The van der Waals surface area contributed by atoms with Crippen LogP contribution in [0.15, 0.2) is 81.7 Å². The maximum Gasteiger partial charge on any atom is 0.329 e. The van der Waals surface area contributed by atoms with Gasteiger partial charge < -0.3 is 82.0 Å². The Morgan fingerprint density at radius 3 is 1.12 bits per heavy atom. The fourth-order valence-corrected chi connectivity index (χ4v) is 32.4. The van der Waals surface area contributed by atoms with Gasteiger partial charge in [0.05, 0.1) is 21.3 Å². The van der Waals surface area contributed by atoms with Crippen molar-refractivity contribution in [2.24, 2.45) is 105 Å². The van der Waals surface area contributed by atoms with Crippen molar-refractivity contribution in [3.63, 3.8) is 0 Å². The normalized spacial score (nSPS) is 35.0. The van der Waals surface area contributed by atoms with Crippen molar-refractivity contribution >= 4 is 119 Å². The first-order valence-electron chi connectivity index (χ1n) is 51.6. The van der Waals surface area contributed by atoms with Crippen LogP contribution in [0.2, 0.25) is 0 Å². The van der Waals surface area contributed by atoms with E-state index in [2.05, 4.69) is 152 Å². The molecule has 9 saturated carbocycles. The number of allylic oxidation sites excluding steroid dienone is 9. The summed E-state index contributed by atoms with van der Waals surface area (Å²) in [5.41, 5.74) is 27.2. The molecule has 13 aliphatic rings. The maximum atomic E-state index is 12.8. The van der Waals surface area contributed by atoms with Gasteiger partial charge in [-0.3, -0.25) is 52.7 Å². The van der Waals surface area contributed by atoms with Gasteiger partial charge in [0, 0.05) is 127 Å². The number of rotatable bonds is 18. The zero-order valence-electron chi connectivity index (χ0n) is 92.1. The van der Waals surface area contributed by atoms with Crippen molar-refractivity contribution < 1.29 is 116 Å². The SMILES string of the molecule is CC(=O)OC(C)=O.CC1=C(O)C(=O)C=C2C1=CC=C1[C@@]2(C)CC[C@@]2(C)[C@@H]3C[C@](C)(C(N)=O)CC[C@]3(C)CC[C@]12C.CO.COC(=O)[C@H](CS)NC(C)=O.COC(=O)[C@H](CSC1C=C2[C@@](C)(CC[C@@]3(C)[C@@H]4C[C@](C)(C(N)=O)CC[C@]4(C)CC[C@]23C)c2cc(O)c(O)c(C)c21)NC(C)=O.COC(=O)[C@H](CSC1C=C2[C@@](C)(CC[C@@]3(C)[C@@H]4C[C@](C)(C(N)=O)CC[C@]4(C)CC[C@]23C)c2cc(OC(C)=O)c(OC(C)=O)c(C)c21)NC(C)=O. The number of fused-ring (bicyclic) bond motifs is 21. The number of benzene rings is 2. The molecule has 0 saturated heterocycles. The number of hydrogen-bond donors (Lipinski definition) is 11. The van der Waals surface area contributed by atoms with E-state index >= 15 is 0 Å². The van der Waals surface area contributed by atoms with Crippen LogP contribution < -0.4 is 42.6 Å². The van der Waals surface area contributed by atoms with Gasteiger partial charge in [0.15, 0.2) is 28.8 Å². The molecule has 2 aromatic carbocycles. The van der Waals surface area contributed by atoms with E-state index < -0.39 is 81.6 Å². The number of phenols is 2. The zero-order chi connectivity index (χ0) is 111. The first-order chi connectivity index (χ1) is 68.0. The molecule has 6 amide bonds. The summed E-state index contributed by atoms with van der Waals surface area (Å²) in [6.07, 6.45) is 30.7. The van der Waals surface area contributed by atoms with Crippen molar-refractivity contribution in [1.82, 2.24) is 16.0 Å². The number of esters is 7. The second-order valence-corrected chi connectivity index (χ2v) is 50.6. The molecule has 0 aliphatic heterocycles. The Morgan fingerprint density at radius 2 is 0.776 bits per heavy atom. The highest BCUT2D eigenvalue weighted by Gasteiger charge is 2.72. The highest BCUT2D eigenvalue weighted by atomic mass is 32.2. The van der Waals surface area contributed by atoms with Crippen LogP contribution in [-0.2, 0) is 96.9 Å². The molecule has 13 aliphatic carbocycles. The van der Waals surface area contributed by atoms with E-state index in [1.165, 1.54) is 110 Å². The van der Waals surface area contributed by atoms with Crippen molar-refractivity contribution in [2.45, 2.75) is 347 Å². The maximum absolute atomic E-state index is 12.8. The van der Waals surface area contributed by atoms with Gasteiger partial charge in [0.1, 0.15) is 18.1 Å². The number of nitrogens with two attached hydrogens (primary N) is 3. The standard InChI is InChI=1S/C39H54N2O8S.C35H50N2O6S.C29H39NO3.C6H11NO3S.C4H6O3.CH4O/c1-21-31-25(17-27(48-23(3)43)32(21)49-24(4)44)37(7)14-16-39(9)30-19-36(6,34(40)46)12-11-35(30,5)13-15-38(39,8)29(37)18-28(31)50-20-26(33(45)47-10)41-22(2)42;1-19-27-21(15-23(39)28(19)40)33(5)12-14-35(7)26-17-32(4,30(36)42)10-9-31(26,3)11-13-34(35,6)25(33)16-24(27)44-18-22(29(41)43-8)37-20(2)38;1-17-18-7-8-21-27(4,19(18)15-20(31)23(17)32)12-14-29(6)22-16-26(3,24(30)33)10-9-25(22,2)11-13-28(21,29)5;1-4(8)7-5(3-11)6(9)10-2;1-3(5)7-4(2)6;1-2/h17-18,26,28,30H,11-16,19-20H2,1-10H3,(H2,40,46)(H,41,42);15-16,22,24,26,39-40H,9-14,17-18H2,1-8H3,(H2,36,42)(H,37,38);7-8,15,22,32H,9-14,16H2,1-6H3,(H2,30,33);5,11H,3H2,1-2H3,(H,7,8);1-2H3;2H,1H3/t26-,28?,30+,35+,36+,37-,38+,39-;22-,24?,26+,31+,32+,33-,34+,35-;22-,25-,26-,27+,28-,29+;5-;;/m0010../s1. The van der Waals surface area contributed by atoms with Crippen LogP contribution in [0.5, 0.6) is 23.0 Å². The number of phenolic OH excluding ortho intramolecular Hbond substituents is 2. The Kier molecular flexibility index (Phi) is 35.3. The molecule has 2 unspecified atom stereocenters. The third-order valence-corrected chi connectivity index (χ3v) is 42.1. The molecule has 2 aromatic rings. The van der Waals surface area contributed by atoms with Gasteiger partial charge in [0.2, 0.25) is 41.2 Å². The Bertz CT molecular complexity index is 5830. The monoisotopic (exact) mass is 2100 g/mol. The molecule has 812 valence electrons. The fraction of sp³-hybridized carbons (Fsp3) is 0.667. The Labute approximate surface area is 882 Å². The summed E-state index contributed by atoms with van der Waals surface area (Å²) >= 11 is 6.91. The Morgan fingerprint density at radius 1 is 0.435 bits per heavy atom. The van der Waals surface area contributed by atoms with Crippen molar-refractivity contribution in [3.8, 4) is 23.0 Å². The number of methoxy groups -OCH3 is 3. The number of aromatic hydroxyl groups is 2. The summed E-state index contributed by atoms with van der Waals surface area (Å²) in [5, 5.41) is 46.3. The van der Waals surface area contributed by atoms with Gasteiger partial charge >= 0.3 is 41.8 Å². The van der Waals surface area contributed by atoms with Gasteiger partial charge in [-0.05, 0) is 279 Å². The third-order valence-electron chi connectivity index (χ3n) is 39.2. The molecule has 0 aromatic heterocycles. The van der Waals surface area contributed by atoms with E-state index in [1.807, 2.05) is 40.7 Å². The number of amides is 6. The molecule has 0 heterocycles. The van der Waals surface area contributed by atoms with Gasteiger partial charge in [-0.15, -0.1) is 23.5 Å². The number of ether oxygens (including phenoxy) is 6. The number of ketones is 1. The molecule has 15 rings (SSSR count). The zero-order valence-corrected chi connectivity index (χ0v) is 94.6. The van der Waals surface area contributed by atoms with Crippen LogP contribution in [0.3, 0.4) is 0 Å². The molecule has 33 heteroatoms. The highest BCUT2D eigenvalue weighted by Crippen LogP contribution is 2.80. The second kappa shape index (κ2) is 43.6. The fourth-order valence-electron chi connectivity index (χ4n) is 29.5. The number of primary amides is 3. The second-order valence-electron chi connectivity index (χ2n) is 47.9. The average molecular weight is 2100 g/mol. The number of hydrogen-bond acceptors (Lipinski definition) is 27. The van der Waals surface area contributed by atoms with E-state index in [0.717, 1.165) is 175 Å². The van der Waals surface area contributed by atoms with Crippen molar-refractivity contribution in [3.05, 3.63) is 115 Å². The quantitative estimate of drug-likeness (QED) is 0.0126. The summed E-state index contributed by atoms with van der Waals surface area (Å²) in [7, 11) is 4.87. The minimum Gasteiger partial charge on any atom is -0.504 e. The minimum atomic E-state index is -0.873. The number of carbonyl (C=O) groups is 14. The minimum absolute atomic E-state index is 0.0247. The summed E-state index contributed by atoms with van der Waals surface area (Å²) in [4.78, 5) is 166. The lowest BCUT2D eigenvalue weighted by Gasteiger charge is -2.70. The van der Waals surface area contributed by atoms with Gasteiger partial charge in [-0.2, -0.15) is 12.6 Å². The molecule has 147 heavy (non-hydrogen) atoms. The van der Waals surface area contributed by atoms with Crippen molar-refractivity contribution in [2.75, 3.05) is 45.7 Å². The number of thiol groups is 1. The molecule has 30 nitrogen and oxygen atoms in total. The summed E-state index contributed by atoms with van der Waals surface area (Å²) in [6, 6.07) is 1.29. The molecule has 0 radical (unpaired) electrons. The van der Waals surface area contributed by atoms with E-state index in [4.69, 9.17) is 41.3 Å². The summed E-state index contributed by atoms with van der Waals surface area (Å²) in [5.74, 6) is -3.73. The summed E-state index contributed by atoms with van der Waals surface area (Å²) in [6.45, 7) is 49.5. The summed E-state index contributed by atoms with van der Waals surface area (Å²) < 4.78 is 29.8. The molecule has 23 atom stereocenters. The molecule has 9 fully saturated rings. The largest absolute Gasteiger partial charge is 0.504 e. The first kappa shape index (κ1) is 119. The number of nitrogens with one attached hydrogen (secondary N) is 3. The first-order valence-corrected chi connectivity index (χ1v) is 54.3. The lowest BCUT2D eigenvalue weighted by Crippen LogP contribution is -2.63. The topological polar surface area (TPSA) is 489 Å². The average Bonchev–Trinajstić information content (AvgIpc) is 0.676. The Balaban J connectivity index is 0.000000209. The number of thioether (sulfide) groups is 2. The predicted octanol–water partition coefficient (Wildman–Crippen LogP) is 17.7. The van der Waals surface area contributed by atoms with E-state index in [9.17, 15) is 82.4 Å². The molecule has 13 N–H and O–H groups in total. The third kappa shape index (κ3) is 21.5. The van der Waals surface area contributed by atoms with Crippen LogP contribution >= 0.6 is 36.2 Å². The molecular weight excluding hydrogens is 1930 g/mol. The smallest absolute Gasteiger partial charge is 0.329 e. The van der Waals surface area contributed by atoms with E-state index in [-0.39, 0.29) is 163 Å². The van der Waals surface area contributed by atoms with Crippen molar-refractivity contribution in [1.29, 1.82) is 0 Å². The lowest BCUT2D eigenvalue weighted by molar-refractivity contribution is -0.167. The Hall–Kier alpha value is -9.73. The number of aliphatic hydroxyl groups excluding tert-OH is 2. The van der Waals surface area contributed by atoms with Crippen LogP contribution in [0.1, 0.15) is 338 Å². The van der Waals surface area contributed by atoms with E-state index in [0.29, 0.717) is 28.5 Å².